The summed E-state index contributed by atoms with van der Waals surface area (Å²) in [6.45, 7) is 1.99. The van der Waals surface area contributed by atoms with Crippen LogP contribution >= 0.6 is 12.4 Å². The minimum atomic E-state index is -0.243. The Morgan fingerprint density at radius 1 is 0.968 bits per heavy atom. The molecule has 0 saturated heterocycles. The highest BCUT2D eigenvalue weighted by molar-refractivity contribution is 5.85. The molecule has 4 bridgehead atoms. The van der Waals surface area contributed by atoms with E-state index in [-0.39, 0.29) is 23.8 Å². The lowest BCUT2D eigenvalue weighted by Gasteiger charge is -2.55. The molecule has 4 aliphatic rings. The number of methoxy groups -OCH3 is 1. The van der Waals surface area contributed by atoms with Crippen LogP contribution in [0.25, 0.3) is 0 Å². The number of hydrogen-bond donors (Lipinski definition) is 0. The molecule has 0 amide bonds. The fourth-order valence-corrected chi connectivity index (χ4v) is 6.49. The molecular weight excluding hydrogens is 410 g/mol. The van der Waals surface area contributed by atoms with Gasteiger partial charge in [0.15, 0.2) is 5.75 Å². The molecule has 0 radical (unpaired) electrons. The van der Waals surface area contributed by atoms with Crippen LogP contribution in [0, 0.1) is 30.1 Å². The van der Waals surface area contributed by atoms with Crippen molar-refractivity contribution in [3.63, 3.8) is 0 Å². The van der Waals surface area contributed by atoms with Gasteiger partial charge in [-0.2, -0.15) is 0 Å². The van der Waals surface area contributed by atoms with Crippen molar-refractivity contribution in [2.45, 2.75) is 58.3 Å². The fourth-order valence-electron chi connectivity index (χ4n) is 6.49. The van der Waals surface area contributed by atoms with Crippen LogP contribution in [0.5, 0.6) is 11.5 Å². The predicted octanol–water partition coefficient (Wildman–Crippen LogP) is 5.73. The molecule has 6 rings (SSSR count). The average molecular weight is 442 g/mol. The third kappa shape index (κ3) is 4.45. The van der Waals surface area contributed by atoms with Crippen molar-refractivity contribution in [1.82, 2.24) is 4.98 Å². The Labute approximate surface area is 191 Å². The quantitative estimate of drug-likeness (QED) is 0.537. The van der Waals surface area contributed by atoms with E-state index in [9.17, 15) is 4.79 Å². The molecule has 0 atom stereocenters. The van der Waals surface area contributed by atoms with Crippen LogP contribution in [0.4, 0.5) is 0 Å². The van der Waals surface area contributed by atoms with Crippen molar-refractivity contribution in [2.24, 2.45) is 23.2 Å². The molecule has 2 aromatic rings. The largest absolute Gasteiger partial charge is 0.497 e. The normalized spacial score (nSPS) is 28.1. The minimum absolute atomic E-state index is 0. The molecule has 1 aromatic heterocycles. The van der Waals surface area contributed by atoms with E-state index in [4.69, 9.17) is 14.5 Å². The van der Waals surface area contributed by atoms with E-state index in [2.05, 4.69) is 12.1 Å². The Kier molecular flexibility index (Phi) is 6.30. The van der Waals surface area contributed by atoms with E-state index in [1.807, 2.05) is 31.2 Å². The molecule has 31 heavy (non-hydrogen) atoms. The second-order valence-corrected chi connectivity index (χ2v) is 9.83. The summed E-state index contributed by atoms with van der Waals surface area (Å²) in [5.74, 6) is 3.70. The van der Waals surface area contributed by atoms with E-state index in [0.29, 0.717) is 5.75 Å². The summed E-state index contributed by atoms with van der Waals surface area (Å²) < 4.78 is 11.3. The highest BCUT2D eigenvalue weighted by atomic mass is 35.5. The highest BCUT2D eigenvalue weighted by Gasteiger charge is 2.55. The van der Waals surface area contributed by atoms with Crippen molar-refractivity contribution >= 4 is 18.4 Å². The summed E-state index contributed by atoms with van der Waals surface area (Å²) in [6.07, 6.45) is 8.65. The monoisotopic (exact) mass is 441 g/mol. The van der Waals surface area contributed by atoms with Gasteiger partial charge in [-0.3, -0.25) is 9.78 Å². The van der Waals surface area contributed by atoms with E-state index in [1.54, 1.807) is 7.11 Å². The number of ether oxygens (including phenoxy) is 2. The van der Waals surface area contributed by atoms with Crippen molar-refractivity contribution in [3.05, 3.63) is 53.3 Å². The van der Waals surface area contributed by atoms with Crippen LogP contribution in [-0.4, -0.2) is 18.1 Å². The lowest BCUT2D eigenvalue weighted by Crippen LogP contribution is -2.51. The van der Waals surface area contributed by atoms with Gasteiger partial charge in [-0.25, -0.2) is 0 Å². The van der Waals surface area contributed by atoms with Crippen LogP contribution < -0.4 is 9.47 Å². The smallest absolute Gasteiger partial charge is 0.317 e. The summed E-state index contributed by atoms with van der Waals surface area (Å²) in [5, 5.41) is 0. The van der Waals surface area contributed by atoms with Gasteiger partial charge in [-0.05, 0) is 106 Å². The van der Waals surface area contributed by atoms with Gasteiger partial charge in [-0.15, -0.1) is 12.4 Å². The van der Waals surface area contributed by atoms with Crippen LogP contribution in [0.15, 0.2) is 36.4 Å². The molecule has 1 aromatic carbocycles. The third-order valence-electron chi connectivity index (χ3n) is 7.56. The molecule has 4 nitrogen and oxygen atoms in total. The van der Waals surface area contributed by atoms with Crippen molar-refractivity contribution in [3.8, 4) is 11.5 Å². The molecule has 4 saturated carbocycles. The predicted molar refractivity (Wildman–Crippen MR) is 123 cm³/mol. The number of benzene rings is 1. The average Bonchev–Trinajstić information content (AvgIpc) is 2.73. The molecule has 0 unspecified atom stereocenters. The van der Waals surface area contributed by atoms with Gasteiger partial charge in [0.25, 0.3) is 0 Å². The SMILES string of the molecule is COc1ccc(CCc2nc(C)ccc2OC(=O)C23CC4CC(CC(C4)C2)C3)cc1.Cl. The minimum Gasteiger partial charge on any atom is -0.497 e. The van der Waals surface area contributed by atoms with Crippen molar-refractivity contribution in [2.75, 3.05) is 7.11 Å². The molecule has 0 spiro atoms. The molecular formula is C26H32ClNO3. The highest BCUT2D eigenvalue weighted by Crippen LogP contribution is 2.60. The number of halogens is 1. The first-order valence-corrected chi connectivity index (χ1v) is 11.3. The Morgan fingerprint density at radius 3 is 2.16 bits per heavy atom. The van der Waals surface area contributed by atoms with Crippen LogP contribution in [-0.2, 0) is 17.6 Å². The Balaban J connectivity index is 0.00000231. The second kappa shape index (κ2) is 8.82. The van der Waals surface area contributed by atoms with Gasteiger partial charge in [0, 0.05) is 5.69 Å². The van der Waals surface area contributed by atoms with Gasteiger partial charge >= 0.3 is 5.97 Å². The number of carbonyl (C=O) groups is 1. The number of nitrogens with zero attached hydrogens (tertiary/aromatic N) is 1. The number of aromatic nitrogens is 1. The van der Waals surface area contributed by atoms with Crippen molar-refractivity contribution in [1.29, 1.82) is 0 Å². The molecule has 166 valence electrons. The van der Waals surface area contributed by atoms with Crippen LogP contribution in [0.2, 0.25) is 0 Å². The van der Waals surface area contributed by atoms with Crippen LogP contribution in [0.3, 0.4) is 0 Å². The first-order valence-electron chi connectivity index (χ1n) is 11.3. The summed E-state index contributed by atoms with van der Waals surface area (Å²) >= 11 is 0. The number of pyridine rings is 1. The van der Waals surface area contributed by atoms with E-state index < -0.39 is 0 Å². The molecule has 0 N–H and O–H groups in total. The maximum atomic E-state index is 13.4. The lowest BCUT2D eigenvalue weighted by atomic mass is 9.49. The number of carbonyl (C=O) groups excluding carboxylic acids is 1. The van der Waals surface area contributed by atoms with Gasteiger partial charge < -0.3 is 9.47 Å². The zero-order valence-electron chi connectivity index (χ0n) is 18.4. The number of aryl methyl sites for hydroxylation is 3. The van der Waals surface area contributed by atoms with E-state index >= 15 is 0 Å². The maximum absolute atomic E-state index is 13.4. The third-order valence-corrected chi connectivity index (χ3v) is 7.56. The van der Waals surface area contributed by atoms with E-state index in [0.717, 1.165) is 67.0 Å². The maximum Gasteiger partial charge on any atom is 0.317 e. The Bertz CT molecular complexity index is 905. The first-order chi connectivity index (χ1) is 14.5. The zero-order valence-corrected chi connectivity index (χ0v) is 19.2. The zero-order chi connectivity index (χ0) is 20.7. The summed E-state index contributed by atoms with van der Waals surface area (Å²) in [4.78, 5) is 18.1. The fraction of sp³-hybridized carbons (Fsp3) is 0.538. The Hall–Kier alpha value is -2.07. The number of rotatable bonds is 6. The van der Waals surface area contributed by atoms with Gasteiger partial charge in [0.05, 0.1) is 18.2 Å². The molecule has 5 heteroatoms. The standard InChI is InChI=1S/C26H31NO3.ClH/c1-17-3-10-24(23(27-17)9-6-18-4-7-22(29-2)8-5-18)30-25(28)26-14-19-11-20(15-26)13-21(12-19)16-26;/h3-5,7-8,10,19-21H,6,9,11-16H2,1-2H3;1H. The summed E-state index contributed by atoms with van der Waals surface area (Å²) in [7, 11) is 1.68. The Morgan fingerprint density at radius 2 is 1.58 bits per heavy atom. The second-order valence-electron chi connectivity index (χ2n) is 9.83. The molecule has 4 fully saturated rings. The van der Waals surface area contributed by atoms with Gasteiger partial charge in [0.2, 0.25) is 0 Å². The molecule has 0 aliphatic heterocycles. The van der Waals surface area contributed by atoms with Gasteiger partial charge in [-0.1, -0.05) is 12.1 Å². The summed E-state index contributed by atoms with van der Waals surface area (Å²) in [6, 6.07) is 12.0. The molecule has 4 aliphatic carbocycles. The summed E-state index contributed by atoms with van der Waals surface area (Å²) in [5.41, 5.74) is 2.81. The number of hydrogen-bond acceptors (Lipinski definition) is 4. The van der Waals surface area contributed by atoms with Crippen molar-refractivity contribution < 1.29 is 14.3 Å². The topological polar surface area (TPSA) is 48.4 Å². The van der Waals surface area contributed by atoms with E-state index in [1.165, 1.54) is 24.8 Å². The molecule has 1 heterocycles. The van der Waals surface area contributed by atoms with Gasteiger partial charge in [0.1, 0.15) is 5.75 Å². The van der Waals surface area contributed by atoms with Crippen LogP contribution in [0.1, 0.15) is 55.5 Å². The lowest BCUT2D eigenvalue weighted by molar-refractivity contribution is -0.161. The number of esters is 1. The first kappa shape index (κ1) is 22.1.